The van der Waals surface area contributed by atoms with Crippen LogP contribution in [0.5, 0.6) is 0 Å². The molecule has 27 heavy (non-hydrogen) atoms. The van der Waals surface area contributed by atoms with Crippen LogP contribution in [0.4, 0.5) is 35.1 Å². The van der Waals surface area contributed by atoms with E-state index in [2.05, 4.69) is 0 Å². The highest BCUT2D eigenvalue weighted by atomic mass is 35.5. The summed E-state index contributed by atoms with van der Waals surface area (Å²) in [6, 6.07) is 4.56. The standard InChI is InChI=1S/C18H11ClF8/c1-9-2-3-11(6-12(9)17(22,23)24)15(20)8-13(18(25,26)27)10-4-5-14(19)16(21)7-10/h2-8,13H,1H3/b15-8-. The van der Waals surface area contributed by atoms with Gasteiger partial charge >= 0.3 is 12.4 Å². The first-order valence-electron chi connectivity index (χ1n) is 7.38. The van der Waals surface area contributed by atoms with Crippen molar-refractivity contribution in [3.05, 3.63) is 75.6 Å². The second-order valence-electron chi connectivity index (χ2n) is 5.73. The zero-order valence-corrected chi connectivity index (χ0v) is 14.3. The quantitative estimate of drug-likeness (QED) is 0.457. The van der Waals surface area contributed by atoms with Gasteiger partial charge in [0.15, 0.2) is 0 Å². The number of hydrogen-bond donors (Lipinski definition) is 0. The molecule has 0 amide bonds. The highest BCUT2D eigenvalue weighted by molar-refractivity contribution is 6.30. The van der Waals surface area contributed by atoms with Gasteiger partial charge < -0.3 is 0 Å². The molecule has 0 heterocycles. The molecular weight excluding hydrogens is 404 g/mol. The molecule has 2 aromatic rings. The summed E-state index contributed by atoms with van der Waals surface area (Å²) in [5.74, 6) is -5.22. The zero-order chi connectivity index (χ0) is 20.6. The molecule has 0 saturated carbocycles. The third kappa shape index (κ3) is 5.00. The van der Waals surface area contributed by atoms with Gasteiger partial charge in [0, 0.05) is 5.56 Å². The van der Waals surface area contributed by atoms with Gasteiger partial charge in [-0.2, -0.15) is 26.3 Å². The van der Waals surface area contributed by atoms with E-state index >= 15 is 0 Å². The number of rotatable bonds is 3. The molecule has 0 N–H and O–H groups in total. The molecule has 0 spiro atoms. The minimum atomic E-state index is -5.00. The van der Waals surface area contributed by atoms with Gasteiger partial charge in [0.1, 0.15) is 17.6 Å². The molecule has 0 aliphatic heterocycles. The lowest BCUT2D eigenvalue weighted by molar-refractivity contribution is -0.140. The Kier molecular flexibility index (Phi) is 5.89. The third-order valence-corrected chi connectivity index (χ3v) is 4.09. The van der Waals surface area contributed by atoms with Crippen molar-refractivity contribution in [2.75, 3.05) is 0 Å². The molecule has 0 aromatic heterocycles. The smallest absolute Gasteiger partial charge is 0.207 e. The zero-order valence-electron chi connectivity index (χ0n) is 13.5. The normalized spacial score (nSPS) is 14.4. The van der Waals surface area contributed by atoms with Crippen molar-refractivity contribution in [1.82, 2.24) is 0 Å². The van der Waals surface area contributed by atoms with E-state index < -0.39 is 51.6 Å². The predicted octanol–water partition coefficient (Wildman–Crippen LogP) is 7.46. The minimum absolute atomic E-state index is 0.105. The van der Waals surface area contributed by atoms with E-state index in [0.717, 1.165) is 31.2 Å². The molecule has 1 unspecified atom stereocenters. The maximum absolute atomic E-state index is 14.4. The summed E-state index contributed by atoms with van der Waals surface area (Å²) in [4.78, 5) is 0. The van der Waals surface area contributed by atoms with Crippen molar-refractivity contribution in [2.45, 2.75) is 25.2 Å². The number of allylic oxidation sites excluding steroid dienone is 1. The van der Waals surface area contributed by atoms with E-state index in [-0.39, 0.29) is 11.6 Å². The van der Waals surface area contributed by atoms with Crippen molar-refractivity contribution >= 4 is 17.4 Å². The molecule has 1 atom stereocenters. The maximum Gasteiger partial charge on any atom is 0.416 e. The average Bonchev–Trinajstić information content (AvgIpc) is 2.53. The Balaban J connectivity index is 2.53. The first-order valence-corrected chi connectivity index (χ1v) is 7.75. The summed E-state index contributed by atoms with van der Waals surface area (Å²) in [6.45, 7) is 1.14. The lowest BCUT2D eigenvalue weighted by Crippen LogP contribution is -2.19. The summed E-state index contributed by atoms with van der Waals surface area (Å²) >= 11 is 5.42. The van der Waals surface area contributed by atoms with Crippen LogP contribution in [0.3, 0.4) is 0 Å². The first kappa shape index (κ1) is 21.2. The summed E-state index contributed by atoms with van der Waals surface area (Å²) < 4.78 is 106. The van der Waals surface area contributed by atoms with Gasteiger partial charge in [0.2, 0.25) is 0 Å². The predicted molar refractivity (Wildman–Crippen MR) is 85.5 cm³/mol. The second-order valence-corrected chi connectivity index (χ2v) is 6.14. The second kappa shape index (κ2) is 7.50. The van der Waals surface area contributed by atoms with Crippen molar-refractivity contribution in [2.24, 2.45) is 0 Å². The Labute approximate surface area is 154 Å². The summed E-state index contributed by atoms with van der Waals surface area (Å²) in [5.41, 5.74) is -2.67. The van der Waals surface area contributed by atoms with E-state index in [9.17, 15) is 35.1 Å². The monoisotopic (exact) mass is 414 g/mol. The molecule has 0 fully saturated rings. The van der Waals surface area contributed by atoms with E-state index in [1.54, 1.807) is 0 Å². The van der Waals surface area contributed by atoms with Crippen LogP contribution in [0.15, 0.2) is 42.5 Å². The van der Waals surface area contributed by atoms with Crippen LogP contribution in [-0.2, 0) is 6.18 Å². The topological polar surface area (TPSA) is 0 Å². The largest absolute Gasteiger partial charge is 0.416 e. The summed E-state index contributed by atoms with van der Waals surface area (Å²) in [7, 11) is 0. The number of aryl methyl sites for hydroxylation is 1. The fourth-order valence-electron chi connectivity index (χ4n) is 2.40. The fourth-order valence-corrected chi connectivity index (χ4v) is 2.52. The molecule has 2 aromatic carbocycles. The van der Waals surface area contributed by atoms with E-state index in [1.807, 2.05) is 0 Å². The molecule has 146 valence electrons. The summed E-state index contributed by atoms with van der Waals surface area (Å²) in [5, 5.41) is -0.419. The molecular formula is C18H11ClF8. The van der Waals surface area contributed by atoms with Crippen LogP contribution < -0.4 is 0 Å². The Morgan fingerprint density at radius 3 is 2.15 bits per heavy atom. The van der Waals surface area contributed by atoms with Gasteiger partial charge in [-0.05, 0) is 42.3 Å². The van der Waals surface area contributed by atoms with E-state index in [0.29, 0.717) is 12.1 Å². The minimum Gasteiger partial charge on any atom is -0.207 e. The highest BCUT2D eigenvalue weighted by Crippen LogP contribution is 2.40. The third-order valence-electron chi connectivity index (χ3n) is 3.79. The van der Waals surface area contributed by atoms with Crippen LogP contribution in [0, 0.1) is 12.7 Å². The van der Waals surface area contributed by atoms with Gasteiger partial charge in [0.05, 0.1) is 10.6 Å². The molecule has 0 radical (unpaired) electrons. The van der Waals surface area contributed by atoms with Crippen LogP contribution in [0.25, 0.3) is 5.83 Å². The number of alkyl halides is 6. The Morgan fingerprint density at radius 1 is 1.00 bits per heavy atom. The molecule has 2 rings (SSSR count). The fraction of sp³-hybridized carbons (Fsp3) is 0.222. The number of halogens is 9. The van der Waals surface area contributed by atoms with Gasteiger partial charge in [0.25, 0.3) is 0 Å². The molecule has 0 nitrogen and oxygen atoms in total. The van der Waals surface area contributed by atoms with Gasteiger partial charge in [-0.3, -0.25) is 0 Å². The Morgan fingerprint density at radius 2 is 1.63 bits per heavy atom. The van der Waals surface area contributed by atoms with Crippen molar-refractivity contribution in [3.63, 3.8) is 0 Å². The molecule has 9 heteroatoms. The molecule has 0 aliphatic carbocycles. The average molecular weight is 415 g/mol. The van der Waals surface area contributed by atoms with Crippen LogP contribution in [-0.4, -0.2) is 6.18 Å². The number of benzene rings is 2. The molecule has 0 saturated heterocycles. The van der Waals surface area contributed by atoms with Crippen LogP contribution in [0.2, 0.25) is 5.02 Å². The number of hydrogen-bond acceptors (Lipinski definition) is 0. The maximum atomic E-state index is 14.4. The van der Waals surface area contributed by atoms with E-state index in [1.165, 1.54) is 0 Å². The molecule has 0 bridgehead atoms. The Hall–Kier alpha value is -2.09. The lowest BCUT2D eigenvalue weighted by atomic mass is 9.95. The van der Waals surface area contributed by atoms with E-state index in [4.69, 9.17) is 11.6 Å². The Bertz CT molecular complexity index is 865. The van der Waals surface area contributed by atoms with Crippen LogP contribution >= 0.6 is 11.6 Å². The SMILES string of the molecule is Cc1ccc(/C(F)=C/C(c2ccc(Cl)c(F)c2)C(F)(F)F)cc1C(F)(F)F. The summed E-state index contributed by atoms with van der Waals surface area (Å²) in [6.07, 6.45) is -9.69. The van der Waals surface area contributed by atoms with Crippen molar-refractivity contribution in [3.8, 4) is 0 Å². The van der Waals surface area contributed by atoms with Gasteiger partial charge in [-0.25, -0.2) is 8.78 Å². The lowest BCUT2D eigenvalue weighted by Gasteiger charge is -2.18. The first-order chi connectivity index (χ1) is 12.3. The van der Waals surface area contributed by atoms with Crippen molar-refractivity contribution < 1.29 is 35.1 Å². The van der Waals surface area contributed by atoms with Gasteiger partial charge in [-0.15, -0.1) is 0 Å². The highest BCUT2D eigenvalue weighted by Gasteiger charge is 2.40. The van der Waals surface area contributed by atoms with Gasteiger partial charge in [-0.1, -0.05) is 29.8 Å². The van der Waals surface area contributed by atoms with Crippen molar-refractivity contribution in [1.29, 1.82) is 0 Å². The molecule has 0 aliphatic rings. The van der Waals surface area contributed by atoms with Crippen LogP contribution in [0.1, 0.15) is 28.2 Å².